The van der Waals surface area contributed by atoms with Gasteiger partial charge in [0.2, 0.25) is 0 Å². The van der Waals surface area contributed by atoms with Crippen LogP contribution in [0.15, 0.2) is 29.0 Å². The van der Waals surface area contributed by atoms with Crippen LogP contribution in [-0.4, -0.2) is 4.98 Å². The monoisotopic (exact) mass is 198 g/mol. The van der Waals surface area contributed by atoms with E-state index < -0.39 is 0 Å². The summed E-state index contributed by atoms with van der Waals surface area (Å²) in [6.45, 7) is 2.12. The fraction of sp³-hybridized carbons (Fsp3) is 0.333. The van der Waals surface area contributed by atoms with Crippen molar-refractivity contribution in [2.24, 2.45) is 5.92 Å². The zero-order valence-corrected chi connectivity index (χ0v) is 8.40. The summed E-state index contributed by atoms with van der Waals surface area (Å²) < 4.78 is 5.26. The summed E-state index contributed by atoms with van der Waals surface area (Å²) in [6, 6.07) is 8.32. The van der Waals surface area contributed by atoms with E-state index in [-0.39, 0.29) is 11.3 Å². The van der Waals surface area contributed by atoms with E-state index in [9.17, 15) is 0 Å². The summed E-state index contributed by atoms with van der Waals surface area (Å²) >= 11 is 0. The number of nitrogens with zero attached hydrogens (tertiary/aromatic N) is 2. The molecule has 2 atom stereocenters. The van der Waals surface area contributed by atoms with E-state index in [1.54, 1.807) is 0 Å². The zero-order chi connectivity index (χ0) is 10.5. The van der Waals surface area contributed by atoms with Gasteiger partial charge in [0, 0.05) is 5.41 Å². The third kappa shape index (κ3) is 1.08. The van der Waals surface area contributed by atoms with E-state index in [0.29, 0.717) is 0 Å². The maximum atomic E-state index is 8.89. The molecule has 0 saturated heterocycles. The molecule has 0 bridgehead atoms. The number of aromatic nitrogens is 1. The Morgan fingerprint density at radius 3 is 3.20 bits per heavy atom. The van der Waals surface area contributed by atoms with Crippen molar-refractivity contribution in [3.05, 3.63) is 30.2 Å². The van der Waals surface area contributed by atoms with Crippen LogP contribution in [0.1, 0.15) is 18.9 Å². The highest BCUT2D eigenvalue weighted by Crippen LogP contribution is 2.53. The summed E-state index contributed by atoms with van der Waals surface area (Å²) in [7, 11) is 0. The highest BCUT2D eigenvalue weighted by Gasteiger charge is 2.51. The number of benzene rings is 1. The molecule has 74 valence electrons. The topological polar surface area (TPSA) is 49.8 Å². The highest BCUT2D eigenvalue weighted by molar-refractivity contribution is 5.73. The van der Waals surface area contributed by atoms with Gasteiger partial charge in [0.05, 0.1) is 12.0 Å². The second kappa shape index (κ2) is 2.60. The quantitative estimate of drug-likeness (QED) is 0.707. The first-order valence-corrected chi connectivity index (χ1v) is 4.97. The lowest BCUT2D eigenvalue weighted by atomic mass is 9.95. The van der Waals surface area contributed by atoms with Crippen molar-refractivity contribution in [2.45, 2.75) is 18.8 Å². The molecule has 0 radical (unpaired) electrons. The Morgan fingerprint density at radius 1 is 1.60 bits per heavy atom. The molecule has 2 aromatic rings. The van der Waals surface area contributed by atoms with Gasteiger partial charge in [-0.25, -0.2) is 4.98 Å². The summed E-state index contributed by atoms with van der Waals surface area (Å²) in [6.07, 6.45) is 2.40. The average molecular weight is 198 g/mol. The van der Waals surface area contributed by atoms with Crippen molar-refractivity contribution in [1.82, 2.24) is 4.98 Å². The molecule has 3 nitrogen and oxygen atoms in total. The first-order valence-electron chi connectivity index (χ1n) is 4.97. The first-order chi connectivity index (χ1) is 7.24. The average Bonchev–Trinajstić information content (AvgIpc) is 2.74. The molecule has 1 fully saturated rings. The molecule has 15 heavy (non-hydrogen) atoms. The standard InChI is InChI=1S/C12H10N2O/c1-12(5-9(12)6-13)8-2-3-10-11(4-8)15-7-14-10/h2-4,7,9H,5H2,1H3. The van der Waals surface area contributed by atoms with Crippen molar-refractivity contribution in [2.75, 3.05) is 0 Å². The van der Waals surface area contributed by atoms with Gasteiger partial charge >= 0.3 is 0 Å². The van der Waals surface area contributed by atoms with Crippen LogP contribution in [0, 0.1) is 17.2 Å². The smallest absolute Gasteiger partial charge is 0.181 e. The highest BCUT2D eigenvalue weighted by atomic mass is 16.3. The third-order valence-electron chi connectivity index (χ3n) is 3.38. The fourth-order valence-corrected chi connectivity index (χ4v) is 2.08. The Balaban J connectivity index is 2.10. The van der Waals surface area contributed by atoms with Gasteiger partial charge in [0.1, 0.15) is 5.52 Å². The van der Waals surface area contributed by atoms with Gasteiger partial charge in [-0.2, -0.15) is 5.26 Å². The Bertz CT molecular complexity index is 566. The number of fused-ring (bicyclic) bond motifs is 1. The summed E-state index contributed by atoms with van der Waals surface area (Å²) in [5, 5.41) is 8.89. The minimum Gasteiger partial charge on any atom is -0.443 e. The summed E-state index contributed by atoms with van der Waals surface area (Å²) in [5.74, 6) is 0.151. The maximum absolute atomic E-state index is 8.89. The zero-order valence-electron chi connectivity index (χ0n) is 8.40. The normalized spacial score (nSPS) is 28.9. The van der Waals surface area contributed by atoms with E-state index in [4.69, 9.17) is 9.68 Å². The molecule has 1 aromatic carbocycles. The van der Waals surface area contributed by atoms with Crippen molar-refractivity contribution in [1.29, 1.82) is 5.26 Å². The van der Waals surface area contributed by atoms with Gasteiger partial charge in [-0.15, -0.1) is 0 Å². The molecule has 1 aromatic heterocycles. The van der Waals surface area contributed by atoms with Gasteiger partial charge in [-0.05, 0) is 24.1 Å². The van der Waals surface area contributed by atoms with Gasteiger partial charge < -0.3 is 4.42 Å². The van der Waals surface area contributed by atoms with E-state index >= 15 is 0 Å². The number of nitriles is 1. The van der Waals surface area contributed by atoms with E-state index in [0.717, 1.165) is 17.5 Å². The van der Waals surface area contributed by atoms with E-state index in [1.807, 2.05) is 18.2 Å². The third-order valence-corrected chi connectivity index (χ3v) is 3.38. The molecule has 1 saturated carbocycles. The van der Waals surface area contributed by atoms with Crippen LogP contribution in [0.25, 0.3) is 11.1 Å². The minimum atomic E-state index is 0.0235. The van der Waals surface area contributed by atoms with Gasteiger partial charge in [0.25, 0.3) is 0 Å². The number of hydrogen-bond acceptors (Lipinski definition) is 3. The molecule has 1 aliphatic carbocycles. The van der Waals surface area contributed by atoms with Gasteiger partial charge in [-0.1, -0.05) is 13.0 Å². The number of rotatable bonds is 1. The minimum absolute atomic E-state index is 0.0235. The molecule has 3 rings (SSSR count). The SMILES string of the molecule is CC1(c2ccc3ncoc3c2)CC1C#N. The molecular formula is C12H10N2O. The lowest BCUT2D eigenvalue weighted by molar-refractivity contribution is 0.600. The molecule has 3 heteroatoms. The van der Waals surface area contributed by atoms with Crippen LogP contribution in [0.4, 0.5) is 0 Å². The Labute approximate surface area is 87.3 Å². The van der Waals surface area contributed by atoms with Crippen LogP contribution in [0.5, 0.6) is 0 Å². The predicted molar refractivity (Wildman–Crippen MR) is 55.1 cm³/mol. The second-order valence-corrected chi connectivity index (χ2v) is 4.34. The summed E-state index contributed by atoms with van der Waals surface area (Å²) in [4.78, 5) is 4.07. The molecule has 0 N–H and O–H groups in total. The van der Waals surface area contributed by atoms with Crippen molar-refractivity contribution in [3.8, 4) is 6.07 Å². The van der Waals surface area contributed by atoms with Gasteiger partial charge in [-0.3, -0.25) is 0 Å². The van der Waals surface area contributed by atoms with E-state index in [1.165, 1.54) is 12.0 Å². The fourth-order valence-electron chi connectivity index (χ4n) is 2.08. The Morgan fingerprint density at radius 2 is 2.47 bits per heavy atom. The lowest BCUT2D eigenvalue weighted by Gasteiger charge is -2.08. The first kappa shape index (κ1) is 8.49. The molecule has 2 unspecified atom stereocenters. The number of hydrogen-bond donors (Lipinski definition) is 0. The molecular weight excluding hydrogens is 188 g/mol. The van der Waals surface area contributed by atoms with Crippen LogP contribution < -0.4 is 0 Å². The molecule has 0 spiro atoms. The van der Waals surface area contributed by atoms with Gasteiger partial charge in [0.15, 0.2) is 12.0 Å². The summed E-state index contributed by atoms with van der Waals surface area (Å²) in [5.41, 5.74) is 2.88. The van der Waals surface area contributed by atoms with Crippen LogP contribution in [-0.2, 0) is 5.41 Å². The van der Waals surface area contributed by atoms with Crippen molar-refractivity contribution >= 4 is 11.1 Å². The Hall–Kier alpha value is -1.82. The molecule has 0 amide bonds. The van der Waals surface area contributed by atoms with Crippen molar-refractivity contribution in [3.63, 3.8) is 0 Å². The molecule has 0 aliphatic heterocycles. The van der Waals surface area contributed by atoms with Crippen LogP contribution in [0.2, 0.25) is 0 Å². The second-order valence-electron chi connectivity index (χ2n) is 4.34. The van der Waals surface area contributed by atoms with Crippen LogP contribution in [0.3, 0.4) is 0 Å². The number of oxazole rings is 1. The largest absolute Gasteiger partial charge is 0.443 e. The Kier molecular flexibility index (Phi) is 1.47. The maximum Gasteiger partial charge on any atom is 0.181 e. The molecule has 1 aliphatic rings. The molecule has 1 heterocycles. The van der Waals surface area contributed by atoms with Crippen LogP contribution >= 0.6 is 0 Å². The predicted octanol–water partition coefficient (Wildman–Crippen LogP) is 2.63. The lowest BCUT2D eigenvalue weighted by Crippen LogP contribution is -2.02. The van der Waals surface area contributed by atoms with E-state index in [2.05, 4.69) is 18.0 Å². The van der Waals surface area contributed by atoms with Crippen molar-refractivity contribution < 1.29 is 4.42 Å².